The van der Waals surface area contributed by atoms with E-state index in [1.807, 2.05) is 0 Å². The highest BCUT2D eigenvalue weighted by Gasteiger charge is 2.73. The van der Waals surface area contributed by atoms with E-state index in [0.717, 1.165) is 17.7 Å². The van der Waals surface area contributed by atoms with Crippen molar-refractivity contribution in [3.05, 3.63) is 59.2 Å². The van der Waals surface area contributed by atoms with Gasteiger partial charge in [0.05, 0.1) is 29.1 Å². The monoisotopic (exact) mass is 599 g/mol. The molecule has 6 nitrogen and oxygen atoms in total. The molecule has 1 unspecified atom stereocenters. The molecule has 3 saturated carbocycles. The van der Waals surface area contributed by atoms with Gasteiger partial charge in [-0.05, 0) is 61.6 Å². The molecule has 0 aromatic heterocycles. The molecule has 8 atom stereocenters. The highest BCUT2D eigenvalue weighted by atomic mass is 127. The van der Waals surface area contributed by atoms with Crippen LogP contribution in [0.4, 0.5) is 8.78 Å². The number of amides is 1. The van der Waals surface area contributed by atoms with Gasteiger partial charge in [0, 0.05) is 40.6 Å². The number of allylic oxidation sites excluding steroid dienone is 1. The lowest BCUT2D eigenvalue weighted by Gasteiger charge is -2.45. The van der Waals surface area contributed by atoms with Gasteiger partial charge in [-0.2, -0.15) is 0 Å². The predicted octanol–water partition coefficient (Wildman–Crippen LogP) is 2.93. The van der Waals surface area contributed by atoms with Gasteiger partial charge in [-0.15, -0.1) is 0 Å². The molecule has 0 radical (unpaired) electrons. The Bertz CT molecular complexity index is 1150. The van der Waals surface area contributed by atoms with Crippen molar-refractivity contribution in [2.75, 3.05) is 0 Å². The van der Waals surface area contributed by atoms with Crippen molar-refractivity contribution < 1.29 is 33.7 Å². The molecule has 0 saturated heterocycles. The van der Waals surface area contributed by atoms with Crippen LogP contribution >= 0.6 is 22.6 Å². The molecule has 1 amide bonds. The first-order valence-corrected chi connectivity index (χ1v) is 12.8. The number of halogens is 3. The third-order valence-electron chi connectivity index (χ3n) is 9.23. The van der Waals surface area contributed by atoms with Gasteiger partial charge in [0.1, 0.15) is 11.6 Å². The van der Waals surface area contributed by atoms with Crippen LogP contribution in [0.5, 0.6) is 0 Å². The number of fused-ring (bicyclic) bond motifs is 3. The van der Waals surface area contributed by atoms with Gasteiger partial charge in [-0.3, -0.25) is 9.59 Å². The Labute approximate surface area is 215 Å². The predicted molar refractivity (Wildman–Crippen MR) is 131 cm³/mol. The van der Waals surface area contributed by atoms with E-state index >= 15 is 0 Å². The smallest absolute Gasteiger partial charge is 0.224 e. The zero-order valence-electron chi connectivity index (χ0n) is 19.2. The van der Waals surface area contributed by atoms with Gasteiger partial charge in [0.15, 0.2) is 0 Å². The highest BCUT2D eigenvalue weighted by Crippen LogP contribution is 2.73. The summed E-state index contributed by atoms with van der Waals surface area (Å²) < 4.78 is 28.1. The first kappa shape index (κ1) is 25.0. The molecule has 9 heteroatoms. The van der Waals surface area contributed by atoms with E-state index in [4.69, 9.17) is 0 Å². The molecular formula is C26H28F2INO5. The molecule has 5 rings (SSSR count). The molecular weight excluding hydrogens is 571 g/mol. The van der Waals surface area contributed by atoms with Crippen molar-refractivity contribution in [2.45, 2.75) is 57.0 Å². The second-order valence-electron chi connectivity index (χ2n) is 10.8. The van der Waals surface area contributed by atoms with Gasteiger partial charge in [-0.1, -0.05) is 24.3 Å². The largest absolute Gasteiger partial charge is 0.389 e. The van der Waals surface area contributed by atoms with E-state index in [1.54, 1.807) is 35.6 Å². The van der Waals surface area contributed by atoms with Crippen molar-refractivity contribution >= 4 is 32.3 Å². The number of rotatable bonds is 4. The van der Waals surface area contributed by atoms with E-state index in [-0.39, 0.29) is 24.4 Å². The van der Waals surface area contributed by atoms with Gasteiger partial charge in [0.2, 0.25) is 9.70 Å². The summed E-state index contributed by atoms with van der Waals surface area (Å²) in [6.07, 6.45) is 0.468. The maximum atomic E-state index is 14.2. The molecule has 1 aromatic carbocycles. The van der Waals surface area contributed by atoms with Crippen molar-refractivity contribution in [2.24, 2.45) is 28.6 Å². The van der Waals surface area contributed by atoms with Gasteiger partial charge >= 0.3 is 0 Å². The second-order valence-corrected chi connectivity index (χ2v) is 11.8. The maximum absolute atomic E-state index is 14.2. The lowest BCUT2D eigenvalue weighted by atomic mass is 9.60. The highest BCUT2D eigenvalue weighted by molar-refractivity contribution is 14.1. The van der Waals surface area contributed by atoms with Crippen molar-refractivity contribution in [1.82, 2.24) is 5.32 Å². The summed E-state index contributed by atoms with van der Waals surface area (Å²) in [6.45, 7) is 5.27. The van der Waals surface area contributed by atoms with E-state index in [1.165, 1.54) is 6.07 Å². The first-order valence-electron chi connectivity index (χ1n) is 11.8. The summed E-state index contributed by atoms with van der Waals surface area (Å²) in [7, 11) is 0. The minimum atomic E-state index is -1.47. The normalized spacial score (nSPS) is 41.7. The number of hydrogen-bond acceptors (Lipinski definition) is 5. The molecule has 2 bridgehead atoms. The van der Waals surface area contributed by atoms with Crippen LogP contribution in [0.1, 0.15) is 38.2 Å². The van der Waals surface area contributed by atoms with Crippen LogP contribution in [-0.2, 0) is 16.1 Å². The summed E-state index contributed by atoms with van der Waals surface area (Å²) in [5.41, 5.74) is -2.29. The third-order valence-corrected chi connectivity index (χ3v) is 10.4. The summed E-state index contributed by atoms with van der Waals surface area (Å²) >= 11 is 1.61. The fourth-order valence-electron chi connectivity index (χ4n) is 7.53. The Kier molecular flexibility index (Phi) is 5.82. The maximum Gasteiger partial charge on any atom is 0.224 e. The molecule has 188 valence electrons. The van der Waals surface area contributed by atoms with Crippen molar-refractivity contribution in [1.29, 1.82) is 0 Å². The molecule has 1 aromatic rings. The molecule has 4 N–H and O–H groups in total. The number of benzene rings is 1. The zero-order chi connectivity index (χ0) is 25.5. The Hall–Kier alpha value is -1.69. The van der Waals surface area contributed by atoms with Crippen LogP contribution in [0.2, 0.25) is 0 Å². The molecule has 35 heavy (non-hydrogen) atoms. The topological polar surface area (TPSA) is 107 Å². The molecule has 0 heterocycles. The van der Waals surface area contributed by atoms with E-state index in [2.05, 4.69) is 11.9 Å². The number of aliphatic hydroxyl groups is 3. The number of aliphatic hydroxyl groups excluding tert-OH is 2. The zero-order valence-corrected chi connectivity index (χ0v) is 21.4. The minimum absolute atomic E-state index is 0.204. The Balaban J connectivity index is 1.61. The van der Waals surface area contributed by atoms with E-state index < -0.39 is 61.8 Å². The molecule has 4 aliphatic rings. The van der Waals surface area contributed by atoms with Crippen LogP contribution in [0.25, 0.3) is 0 Å². The molecule has 4 aliphatic carbocycles. The van der Waals surface area contributed by atoms with Crippen LogP contribution < -0.4 is 5.32 Å². The summed E-state index contributed by atoms with van der Waals surface area (Å²) in [4.78, 5) is 26.9. The van der Waals surface area contributed by atoms with Crippen LogP contribution in [0.3, 0.4) is 0 Å². The standard InChI is InChI=1S/C26H28F2INO5/c1-12-9-25-11-26(12,35)7-6-15(25)13-8-18(31)21(32)24(2,23(29)34)19(13)20(25)22(33)30-10-14-16(27)4-3-5-17(14)28/h3-5,8,15,18-21,31-32,35H,1,6-7,9-11H2,2H3,(H,30,33)/t15-,18+,19?,20+,21-,24-,25-,26-/m0/s1. The Morgan fingerprint density at radius 2 is 1.91 bits per heavy atom. The second kappa shape index (κ2) is 8.16. The number of carbonyl (C=O) groups is 2. The Morgan fingerprint density at radius 3 is 2.54 bits per heavy atom. The quantitative estimate of drug-likeness (QED) is 0.242. The molecule has 0 aliphatic heterocycles. The van der Waals surface area contributed by atoms with Gasteiger partial charge in [-0.25, -0.2) is 8.78 Å². The summed E-state index contributed by atoms with van der Waals surface area (Å²) in [5.74, 6) is -3.88. The molecule has 3 fully saturated rings. The minimum Gasteiger partial charge on any atom is -0.389 e. The van der Waals surface area contributed by atoms with E-state index in [0.29, 0.717) is 24.8 Å². The average molecular weight is 599 g/mol. The number of nitrogens with one attached hydrogen (secondary N) is 1. The number of hydrogen-bond donors (Lipinski definition) is 4. The summed E-state index contributed by atoms with van der Waals surface area (Å²) in [5, 5.41) is 35.6. The first-order chi connectivity index (χ1) is 16.4. The van der Waals surface area contributed by atoms with Crippen molar-refractivity contribution in [3.8, 4) is 0 Å². The fraction of sp³-hybridized carbons (Fsp3) is 0.538. The van der Waals surface area contributed by atoms with Crippen molar-refractivity contribution in [3.63, 3.8) is 0 Å². The lowest BCUT2D eigenvalue weighted by molar-refractivity contribution is -0.145. The van der Waals surface area contributed by atoms with Crippen LogP contribution in [-0.4, -0.2) is 42.8 Å². The Morgan fingerprint density at radius 1 is 1.26 bits per heavy atom. The van der Waals surface area contributed by atoms with Gasteiger partial charge < -0.3 is 20.6 Å². The van der Waals surface area contributed by atoms with E-state index in [9.17, 15) is 33.7 Å². The summed E-state index contributed by atoms with van der Waals surface area (Å²) in [6, 6.07) is 3.47. The lowest BCUT2D eigenvalue weighted by Crippen LogP contribution is -2.56. The van der Waals surface area contributed by atoms with Gasteiger partial charge in [0.25, 0.3) is 0 Å². The number of carbonyl (C=O) groups excluding carboxylic acids is 2. The fourth-order valence-corrected chi connectivity index (χ4v) is 8.18. The third kappa shape index (κ3) is 3.34. The van der Waals surface area contributed by atoms with Crippen LogP contribution in [0.15, 0.2) is 42.0 Å². The molecule has 1 spiro atoms. The van der Waals surface area contributed by atoms with Crippen LogP contribution in [0, 0.1) is 40.2 Å². The SMILES string of the molecule is C=C1C[C@]23C[C@@]1(O)CC[C@H]2C1=C[C@@H](O)[C@H](O)[C@@](C)(C(=O)I)C1[C@@H]3C(=O)NCc1c(F)cccc1F. The average Bonchev–Trinajstić information content (AvgIpc) is 3.17.